The average molecular weight is 424 g/mol. The molecule has 0 heterocycles. The standard InChI is InChI=1S/C14H9F4IN2O/c15-11-7-9(19)4-5-12(11)21-13(22)20-10-3-1-2-8(6-10)14(16,17)18/h1-7H,(H2,20,21,22). The number of benzene rings is 2. The number of hydrogen-bond donors (Lipinski definition) is 2. The smallest absolute Gasteiger partial charge is 0.308 e. The van der Waals surface area contributed by atoms with Crippen molar-refractivity contribution in [1.29, 1.82) is 0 Å². The number of halogens is 5. The first kappa shape index (κ1) is 16.5. The predicted octanol–water partition coefficient (Wildman–Crippen LogP) is 5.09. The van der Waals surface area contributed by atoms with Gasteiger partial charge >= 0.3 is 12.2 Å². The van der Waals surface area contributed by atoms with E-state index in [1.54, 1.807) is 6.07 Å². The molecule has 0 saturated heterocycles. The Balaban J connectivity index is 2.09. The Morgan fingerprint density at radius 1 is 1.05 bits per heavy atom. The van der Waals surface area contributed by atoms with Crippen LogP contribution in [0.15, 0.2) is 42.5 Å². The Kier molecular flexibility index (Phi) is 4.89. The van der Waals surface area contributed by atoms with Gasteiger partial charge in [-0.05, 0) is 59.0 Å². The first-order chi connectivity index (χ1) is 10.3. The number of carbonyl (C=O) groups excluding carboxylic acids is 1. The zero-order chi connectivity index (χ0) is 16.3. The minimum absolute atomic E-state index is 0.0433. The summed E-state index contributed by atoms with van der Waals surface area (Å²) >= 11 is 1.91. The molecule has 3 nitrogen and oxygen atoms in total. The molecule has 2 N–H and O–H groups in total. The molecule has 0 aromatic heterocycles. The Labute approximate surface area is 136 Å². The summed E-state index contributed by atoms with van der Waals surface area (Å²) in [6.45, 7) is 0. The lowest BCUT2D eigenvalue weighted by atomic mass is 10.2. The van der Waals surface area contributed by atoms with Crippen molar-refractivity contribution in [3.63, 3.8) is 0 Å². The van der Waals surface area contributed by atoms with Gasteiger partial charge in [0.05, 0.1) is 11.3 Å². The second-order valence-corrected chi connectivity index (χ2v) is 5.53. The van der Waals surface area contributed by atoms with Crippen LogP contribution < -0.4 is 10.6 Å². The maximum atomic E-state index is 13.6. The molecule has 0 fully saturated rings. The summed E-state index contributed by atoms with van der Waals surface area (Å²) in [5.41, 5.74) is -0.992. The van der Waals surface area contributed by atoms with Crippen molar-refractivity contribution in [3.8, 4) is 0 Å². The van der Waals surface area contributed by atoms with Gasteiger partial charge in [0, 0.05) is 9.26 Å². The van der Waals surface area contributed by atoms with Crippen molar-refractivity contribution < 1.29 is 22.4 Å². The SMILES string of the molecule is O=C(Nc1cccc(C(F)(F)F)c1)Nc1ccc(I)cc1F. The highest BCUT2D eigenvalue weighted by atomic mass is 127. The van der Waals surface area contributed by atoms with Crippen LogP contribution in [-0.4, -0.2) is 6.03 Å². The molecule has 0 spiro atoms. The van der Waals surface area contributed by atoms with E-state index in [-0.39, 0.29) is 11.4 Å². The Hall–Kier alpha value is -1.84. The molecule has 0 unspecified atom stereocenters. The molecule has 0 atom stereocenters. The zero-order valence-electron chi connectivity index (χ0n) is 10.8. The first-order valence-corrected chi connectivity index (χ1v) is 7.04. The van der Waals surface area contributed by atoms with Gasteiger partial charge < -0.3 is 10.6 Å². The Morgan fingerprint density at radius 2 is 1.77 bits per heavy atom. The van der Waals surface area contributed by atoms with Crippen LogP contribution in [0.4, 0.5) is 33.7 Å². The summed E-state index contributed by atoms with van der Waals surface area (Å²) in [5.74, 6) is -0.633. The van der Waals surface area contributed by atoms with Crippen LogP contribution in [0.5, 0.6) is 0 Å². The highest BCUT2D eigenvalue weighted by Gasteiger charge is 2.30. The number of rotatable bonds is 2. The third-order valence-electron chi connectivity index (χ3n) is 2.63. The van der Waals surface area contributed by atoms with Gasteiger partial charge in [0.2, 0.25) is 0 Å². The van der Waals surface area contributed by atoms with E-state index in [9.17, 15) is 22.4 Å². The van der Waals surface area contributed by atoms with Crippen molar-refractivity contribution >= 4 is 40.0 Å². The van der Waals surface area contributed by atoms with Crippen molar-refractivity contribution in [2.24, 2.45) is 0 Å². The second kappa shape index (κ2) is 6.51. The zero-order valence-corrected chi connectivity index (χ0v) is 13.0. The molecule has 0 radical (unpaired) electrons. The van der Waals surface area contributed by atoms with E-state index < -0.39 is 23.6 Å². The third-order valence-corrected chi connectivity index (χ3v) is 3.30. The number of amides is 2. The molecule has 2 aromatic rings. The van der Waals surface area contributed by atoms with Gasteiger partial charge in [0.15, 0.2) is 0 Å². The summed E-state index contributed by atoms with van der Waals surface area (Å²) in [6, 6.07) is 7.50. The largest absolute Gasteiger partial charge is 0.416 e. The van der Waals surface area contributed by atoms with Crippen LogP contribution in [0.25, 0.3) is 0 Å². The van der Waals surface area contributed by atoms with E-state index in [0.29, 0.717) is 3.57 Å². The highest BCUT2D eigenvalue weighted by Crippen LogP contribution is 2.30. The van der Waals surface area contributed by atoms with E-state index in [2.05, 4.69) is 10.6 Å². The van der Waals surface area contributed by atoms with E-state index in [0.717, 1.165) is 12.1 Å². The van der Waals surface area contributed by atoms with Crippen LogP contribution in [0.1, 0.15) is 5.56 Å². The van der Waals surface area contributed by atoms with Gasteiger partial charge in [-0.2, -0.15) is 13.2 Å². The molecule has 2 rings (SSSR count). The topological polar surface area (TPSA) is 41.1 Å². The van der Waals surface area contributed by atoms with Crippen LogP contribution in [0, 0.1) is 9.39 Å². The molecule has 2 amide bonds. The highest BCUT2D eigenvalue weighted by molar-refractivity contribution is 14.1. The van der Waals surface area contributed by atoms with Gasteiger partial charge in [0.25, 0.3) is 0 Å². The third kappa shape index (κ3) is 4.33. The van der Waals surface area contributed by atoms with Crippen molar-refractivity contribution in [2.75, 3.05) is 10.6 Å². The van der Waals surface area contributed by atoms with Crippen LogP contribution >= 0.6 is 22.6 Å². The van der Waals surface area contributed by atoms with Crippen molar-refractivity contribution in [3.05, 3.63) is 57.4 Å². The normalized spacial score (nSPS) is 11.1. The number of anilines is 2. The van der Waals surface area contributed by atoms with Gasteiger partial charge in [-0.1, -0.05) is 6.07 Å². The molecule has 0 aliphatic carbocycles. The summed E-state index contributed by atoms with van der Waals surface area (Å²) in [6.07, 6.45) is -4.50. The lowest BCUT2D eigenvalue weighted by Crippen LogP contribution is -2.20. The molecule has 22 heavy (non-hydrogen) atoms. The lowest BCUT2D eigenvalue weighted by molar-refractivity contribution is -0.137. The van der Waals surface area contributed by atoms with E-state index in [4.69, 9.17) is 0 Å². The van der Waals surface area contributed by atoms with Gasteiger partial charge in [-0.25, -0.2) is 9.18 Å². The molecule has 0 aliphatic rings. The lowest BCUT2D eigenvalue weighted by Gasteiger charge is -2.11. The summed E-state index contributed by atoms with van der Waals surface area (Å²) in [4.78, 5) is 11.7. The molecule has 116 valence electrons. The van der Waals surface area contributed by atoms with Gasteiger partial charge in [0.1, 0.15) is 5.82 Å². The average Bonchev–Trinajstić information content (AvgIpc) is 2.41. The van der Waals surface area contributed by atoms with Crippen LogP contribution in [0.3, 0.4) is 0 Å². The molecular formula is C14H9F4IN2O. The molecular weight excluding hydrogens is 415 g/mol. The first-order valence-electron chi connectivity index (χ1n) is 5.96. The van der Waals surface area contributed by atoms with E-state index >= 15 is 0 Å². The van der Waals surface area contributed by atoms with Crippen LogP contribution in [-0.2, 0) is 6.18 Å². The molecule has 8 heteroatoms. The number of hydrogen-bond acceptors (Lipinski definition) is 1. The fourth-order valence-corrected chi connectivity index (χ4v) is 2.10. The quantitative estimate of drug-likeness (QED) is 0.512. The Bertz CT molecular complexity index is 703. The number of urea groups is 1. The molecule has 2 aromatic carbocycles. The van der Waals surface area contributed by atoms with Gasteiger partial charge in [-0.3, -0.25) is 0 Å². The summed E-state index contributed by atoms with van der Waals surface area (Å²) in [7, 11) is 0. The monoisotopic (exact) mass is 424 g/mol. The summed E-state index contributed by atoms with van der Waals surface area (Å²) in [5, 5.41) is 4.46. The summed E-state index contributed by atoms with van der Waals surface area (Å²) < 4.78 is 51.9. The fourth-order valence-electron chi connectivity index (χ4n) is 1.65. The van der Waals surface area contributed by atoms with Crippen LogP contribution in [0.2, 0.25) is 0 Å². The fraction of sp³-hybridized carbons (Fsp3) is 0.0714. The molecule has 0 bridgehead atoms. The maximum absolute atomic E-state index is 13.6. The molecule has 0 saturated carbocycles. The minimum Gasteiger partial charge on any atom is -0.308 e. The second-order valence-electron chi connectivity index (χ2n) is 4.28. The van der Waals surface area contributed by atoms with E-state index in [1.807, 2.05) is 22.6 Å². The van der Waals surface area contributed by atoms with Gasteiger partial charge in [-0.15, -0.1) is 0 Å². The Morgan fingerprint density at radius 3 is 2.41 bits per heavy atom. The molecule has 0 aliphatic heterocycles. The van der Waals surface area contributed by atoms with Crippen molar-refractivity contribution in [1.82, 2.24) is 0 Å². The van der Waals surface area contributed by atoms with E-state index in [1.165, 1.54) is 24.3 Å². The van der Waals surface area contributed by atoms with Crippen molar-refractivity contribution in [2.45, 2.75) is 6.18 Å². The minimum atomic E-state index is -4.50. The number of carbonyl (C=O) groups is 1. The maximum Gasteiger partial charge on any atom is 0.416 e. The number of nitrogens with one attached hydrogen (secondary N) is 2. The number of alkyl halides is 3. The predicted molar refractivity (Wildman–Crippen MR) is 83.2 cm³/mol.